The average molecular weight is 541 g/mol. The highest BCUT2D eigenvalue weighted by molar-refractivity contribution is 6.33. The van der Waals surface area contributed by atoms with Crippen LogP contribution in [0.25, 0.3) is 0 Å². The SMILES string of the molecule is CC(C)=C/C=C/[C@@]12C(=O)c3c(O)ccc(O)c3C(=O)[C@@H]1C1=C(C[C@@H]2C=C(C)C)C(=O)c2c(O)ccc(O)c2C1=O. The molecule has 5 rings (SSSR count). The Kier molecular flexibility index (Phi) is 6.17. The summed E-state index contributed by atoms with van der Waals surface area (Å²) in [6.07, 6.45) is 6.53. The van der Waals surface area contributed by atoms with Gasteiger partial charge in [-0.1, -0.05) is 35.5 Å². The maximum Gasteiger partial charge on any atom is 0.194 e. The maximum atomic E-state index is 14.6. The van der Waals surface area contributed by atoms with Crippen molar-refractivity contribution in [2.24, 2.45) is 17.3 Å². The van der Waals surface area contributed by atoms with E-state index in [0.29, 0.717) is 0 Å². The molecule has 0 heterocycles. The lowest BCUT2D eigenvalue weighted by atomic mass is 9.49. The highest BCUT2D eigenvalue weighted by Gasteiger charge is 2.63. The topological polar surface area (TPSA) is 149 Å². The fraction of sp³-hybridized carbons (Fsp3) is 0.250. The number of rotatable bonds is 3. The number of allylic oxidation sites excluding steroid dienone is 8. The molecule has 2 aromatic carbocycles. The van der Waals surface area contributed by atoms with Gasteiger partial charge < -0.3 is 20.4 Å². The van der Waals surface area contributed by atoms with Gasteiger partial charge in [-0.2, -0.15) is 0 Å². The van der Waals surface area contributed by atoms with Crippen LogP contribution >= 0.6 is 0 Å². The van der Waals surface area contributed by atoms with E-state index in [1.54, 1.807) is 38.2 Å². The first-order chi connectivity index (χ1) is 18.8. The van der Waals surface area contributed by atoms with Crippen molar-refractivity contribution in [2.75, 3.05) is 0 Å². The molecule has 204 valence electrons. The Balaban J connectivity index is 1.94. The largest absolute Gasteiger partial charge is 0.507 e. The summed E-state index contributed by atoms with van der Waals surface area (Å²) in [5, 5.41) is 42.5. The third kappa shape index (κ3) is 3.59. The number of carbonyl (C=O) groups is 4. The highest BCUT2D eigenvalue weighted by atomic mass is 16.3. The molecule has 0 radical (unpaired) electrons. The van der Waals surface area contributed by atoms with Crippen LogP contribution in [-0.2, 0) is 0 Å². The lowest BCUT2D eigenvalue weighted by molar-refractivity contribution is 0.0546. The monoisotopic (exact) mass is 540 g/mol. The van der Waals surface area contributed by atoms with E-state index in [1.165, 1.54) is 0 Å². The molecule has 3 atom stereocenters. The van der Waals surface area contributed by atoms with Gasteiger partial charge in [0.05, 0.1) is 33.6 Å². The van der Waals surface area contributed by atoms with E-state index < -0.39 is 74.5 Å². The molecule has 0 spiro atoms. The number of ketones is 4. The van der Waals surface area contributed by atoms with E-state index in [2.05, 4.69) is 0 Å². The summed E-state index contributed by atoms with van der Waals surface area (Å²) in [5.41, 5.74) is -1.96. The van der Waals surface area contributed by atoms with Crippen molar-refractivity contribution in [1.82, 2.24) is 0 Å². The minimum absolute atomic E-state index is 0.0404. The summed E-state index contributed by atoms with van der Waals surface area (Å²) in [7, 11) is 0. The molecule has 0 saturated heterocycles. The number of benzene rings is 2. The fourth-order valence-corrected chi connectivity index (χ4v) is 6.30. The summed E-state index contributed by atoms with van der Waals surface area (Å²) >= 11 is 0. The number of carbonyl (C=O) groups excluding carboxylic acids is 4. The minimum atomic E-state index is -1.75. The molecule has 0 aliphatic heterocycles. The Morgan fingerprint density at radius 3 is 1.82 bits per heavy atom. The zero-order valence-electron chi connectivity index (χ0n) is 22.4. The lowest BCUT2D eigenvalue weighted by Crippen LogP contribution is -2.55. The Bertz CT molecular complexity index is 1670. The van der Waals surface area contributed by atoms with Gasteiger partial charge in [0.1, 0.15) is 23.0 Å². The molecule has 2 aromatic rings. The van der Waals surface area contributed by atoms with Gasteiger partial charge in [0, 0.05) is 11.1 Å². The van der Waals surface area contributed by atoms with E-state index in [1.807, 2.05) is 13.8 Å². The van der Waals surface area contributed by atoms with Crippen LogP contribution in [0.5, 0.6) is 23.0 Å². The Labute approximate surface area is 230 Å². The van der Waals surface area contributed by atoms with Crippen LogP contribution in [0.1, 0.15) is 75.5 Å². The molecule has 3 aliphatic rings. The van der Waals surface area contributed by atoms with Crippen LogP contribution in [0.2, 0.25) is 0 Å². The van der Waals surface area contributed by atoms with Crippen LogP contribution in [0.15, 0.2) is 70.9 Å². The number of phenolic OH excluding ortho intramolecular Hbond substituents is 4. The van der Waals surface area contributed by atoms with Gasteiger partial charge in [0.15, 0.2) is 23.1 Å². The first kappa shape index (κ1) is 26.9. The second kappa shape index (κ2) is 9.19. The molecule has 0 unspecified atom stereocenters. The summed E-state index contributed by atoms with van der Waals surface area (Å²) < 4.78 is 0. The highest BCUT2D eigenvalue weighted by Crippen LogP contribution is 2.60. The van der Waals surface area contributed by atoms with Gasteiger partial charge in [0.2, 0.25) is 0 Å². The normalized spacial score (nSPS) is 23.4. The maximum absolute atomic E-state index is 14.6. The number of Topliss-reactive ketones (excluding diaryl/α,β-unsaturated/α-hetero) is 4. The number of hydrogen-bond donors (Lipinski definition) is 4. The molecule has 4 N–H and O–H groups in total. The summed E-state index contributed by atoms with van der Waals surface area (Å²) in [4.78, 5) is 56.8. The third-order valence-electron chi connectivity index (χ3n) is 7.89. The first-order valence-corrected chi connectivity index (χ1v) is 12.8. The average Bonchev–Trinajstić information content (AvgIpc) is 2.88. The predicted molar refractivity (Wildman–Crippen MR) is 146 cm³/mol. The Hall–Kier alpha value is -4.72. The Morgan fingerprint density at radius 1 is 0.750 bits per heavy atom. The van der Waals surface area contributed by atoms with Crippen molar-refractivity contribution in [2.45, 2.75) is 34.1 Å². The van der Waals surface area contributed by atoms with Crippen LogP contribution in [-0.4, -0.2) is 43.6 Å². The van der Waals surface area contributed by atoms with Crippen LogP contribution in [0.4, 0.5) is 0 Å². The van der Waals surface area contributed by atoms with Crippen molar-refractivity contribution in [3.63, 3.8) is 0 Å². The molecule has 0 aromatic heterocycles. The van der Waals surface area contributed by atoms with Crippen molar-refractivity contribution in [3.05, 3.63) is 93.1 Å². The van der Waals surface area contributed by atoms with Crippen LogP contribution in [0, 0.1) is 17.3 Å². The molecule has 40 heavy (non-hydrogen) atoms. The van der Waals surface area contributed by atoms with E-state index in [-0.39, 0.29) is 28.7 Å². The fourth-order valence-electron chi connectivity index (χ4n) is 6.30. The van der Waals surface area contributed by atoms with Gasteiger partial charge in [-0.05, 0) is 64.3 Å². The van der Waals surface area contributed by atoms with Gasteiger partial charge >= 0.3 is 0 Å². The number of phenols is 4. The predicted octanol–water partition coefficient (Wildman–Crippen LogP) is 5.37. The molecular weight excluding hydrogens is 512 g/mol. The smallest absolute Gasteiger partial charge is 0.194 e. The molecule has 0 saturated carbocycles. The zero-order chi connectivity index (χ0) is 29.3. The van der Waals surface area contributed by atoms with Crippen molar-refractivity contribution < 1.29 is 39.6 Å². The standard InChI is InChI=1S/C32H28O8/c1-14(2)6-5-11-32-16(12-15(3)4)13-17-22(29(38)24-19(34)8-7-18(33)23(24)28(17)37)27(32)30(39)25-20(35)9-10-21(36)26(25)31(32)40/h5-12,16,27,33-36H,13H2,1-4H3/b11-5+/t16-,27-,32-/m0/s1. The molecule has 8 heteroatoms. The zero-order valence-corrected chi connectivity index (χ0v) is 22.4. The lowest BCUT2D eigenvalue weighted by Gasteiger charge is -2.50. The van der Waals surface area contributed by atoms with Crippen molar-refractivity contribution in [1.29, 1.82) is 0 Å². The quantitative estimate of drug-likeness (QED) is 0.230. The van der Waals surface area contributed by atoms with Gasteiger partial charge in [0.25, 0.3) is 0 Å². The van der Waals surface area contributed by atoms with Crippen LogP contribution in [0.3, 0.4) is 0 Å². The molecule has 0 amide bonds. The number of hydrogen-bond acceptors (Lipinski definition) is 8. The van der Waals surface area contributed by atoms with Crippen molar-refractivity contribution in [3.8, 4) is 23.0 Å². The summed E-state index contributed by atoms with van der Waals surface area (Å²) in [6.45, 7) is 7.28. The summed E-state index contributed by atoms with van der Waals surface area (Å²) in [6, 6.07) is 4.40. The third-order valence-corrected chi connectivity index (χ3v) is 7.89. The van der Waals surface area contributed by atoms with Crippen LogP contribution < -0.4 is 0 Å². The number of fused-ring (bicyclic) bond motifs is 4. The molecule has 0 fully saturated rings. The molecule has 3 aliphatic carbocycles. The number of aromatic hydroxyl groups is 4. The molecule has 8 nitrogen and oxygen atoms in total. The van der Waals surface area contributed by atoms with Crippen molar-refractivity contribution >= 4 is 23.1 Å². The molecular formula is C32H28O8. The van der Waals surface area contributed by atoms with E-state index in [9.17, 15) is 39.6 Å². The van der Waals surface area contributed by atoms with E-state index in [4.69, 9.17) is 0 Å². The van der Waals surface area contributed by atoms with Gasteiger partial charge in [-0.15, -0.1) is 0 Å². The minimum Gasteiger partial charge on any atom is -0.507 e. The first-order valence-electron chi connectivity index (χ1n) is 12.8. The second-order valence-corrected chi connectivity index (χ2v) is 11.0. The van der Waals surface area contributed by atoms with E-state index >= 15 is 0 Å². The molecule has 0 bridgehead atoms. The van der Waals surface area contributed by atoms with Gasteiger partial charge in [-0.3, -0.25) is 19.2 Å². The summed E-state index contributed by atoms with van der Waals surface area (Å²) in [5.74, 6) is -7.52. The Morgan fingerprint density at radius 2 is 1.27 bits per heavy atom. The van der Waals surface area contributed by atoms with E-state index in [0.717, 1.165) is 35.4 Å². The second-order valence-electron chi connectivity index (χ2n) is 11.0. The van der Waals surface area contributed by atoms with Gasteiger partial charge in [-0.25, -0.2) is 0 Å².